The van der Waals surface area contributed by atoms with E-state index in [-0.39, 0.29) is 17.3 Å². The van der Waals surface area contributed by atoms with Gasteiger partial charge < -0.3 is 5.32 Å². The maximum absolute atomic E-state index is 12.9. The van der Waals surface area contributed by atoms with E-state index in [0.29, 0.717) is 0 Å². The lowest BCUT2D eigenvalue weighted by molar-refractivity contribution is 0.435. The first-order chi connectivity index (χ1) is 9.49. The van der Waals surface area contributed by atoms with Crippen LogP contribution in [0.25, 0.3) is 0 Å². The molecule has 2 aromatic carbocycles. The normalized spacial score (nSPS) is 13.2. The summed E-state index contributed by atoms with van der Waals surface area (Å²) in [5.41, 5.74) is 2.49. The quantitative estimate of drug-likeness (QED) is 0.847. The fourth-order valence-electron chi connectivity index (χ4n) is 2.27. The van der Waals surface area contributed by atoms with Crippen molar-refractivity contribution in [2.75, 3.05) is 6.54 Å². The number of benzene rings is 2. The van der Waals surface area contributed by atoms with Gasteiger partial charge in [0.2, 0.25) is 0 Å². The molecule has 0 aromatic heterocycles. The Bertz CT molecular complexity index is 531. The second kappa shape index (κ2) is 6.19. The van der Waals surface area contributed by atoms with Crippen LogP contribution in [0, 0.1) is 5.82 Å². The van der Waals surface area contributed by atoms with Crippen molar-refractivity contribution in [1.29, 1.82) is 0 Å². The average Bonchev–Trinajstić information content (AvgIpc) is 2.46. The molecule has 0 saturated carbocycles. The smallest absolute Gasteiger partial charge is 0.123 e. The van der Waals surface area contributed by atoms with Crippen molar-refractivity contribution in [2.24, 2.45) is 0 Å². The van der Waals surface area contributed by atoms with Crippen LogP contribution < -0.4 is 5.32 Å². The summed E-state index contributed by atoms with van der Waals surface area (Å²) < 4.78 is 12.9. The fourth-order valence-corrected chi connectivity index (χ4v) is 2.27. The minimum atomic E-state index is -0.189. The molecule has 2 rings (SSSR count). The van der Waals surface area contributed by atoms with Gasteiger partial charge in [0.1, 0.15) is 5.82 Å². The SMILES string of the molecule is CC(NCC(C)(C)c1ccccc1)c1ccc(F)cc1. The zero-order chi connectivity index (χ0) is 14.6. The second-order valence-electron chi connectivity index (χ2n) is 5.90. The van der Waals surface area contributed by atoms with Crippen molar-refractivity contribution in [1.82, 2.24) is 5.32 Å². The van der Waals surface area contributed by atoms with Gasteiger partial charge in [-0.25, -0.2) is 4.39 Å². The maximum atomic E-state index is 12.9. The molecule has 0 spiro atoms. The molecular weight excluding hydrogens is 249 g/mol. The zero-order valence-corrected chi connectivity index (χ0v) is 12.4. The summed E-state index contributed by atoms with van der Waals surface area (Å²) in [6.45, 7) is 7.43. The summed E-state index contributed by atoms with van der Waals surface area (Å²) in [5.74, 6) is -0.189. The van der Waals surface area contributed by atoms with E-state index < -0.39 is 0 Å². The Kier molecular flexibility index (Phi) is 4.56. The van der Waals surface area contributed by atoms with Crippen LogP contribution in [0.4, 0.5) is 4.39 Å². The van der Waals surface area contributed by atoms with Crippen LogP contribution in [-0.2, 0) is 5.41 Å². The molecule has 106 valence electrons. The lowest BCUT2D eigenvalue weighted by Crippen LogP contribution is -2.34. The topological polar surface area (TPSA) is 12.0 Å². The molecular formula is C18H22FN. The van der Waals surface area contributed by atoms with Gasteiger partial charge in [-0.15, -0.1) is 0 Å². The zero-order valence-electron chi connectivity index (χ0n) is 12.4. The summed E-state index contributed by atoms with van der Waals surface area (Å²) >= 11 is 0. The van der Waals surface area contributed by atoms with Crippen molar-refractivity contribution >= 4 is 0 Å². The largest absolute Gasteiger partial charge is 0.309 e. The van der Waals surface area contributed by atoms with Crippen LogP contribution in [0.15, 0.2) is 54.6 Å². The van der Waals surface area contributed by atoms with E-state index in [0.717, 1.165) is 12.1 Å². The molecule has 20 heavy (non-hydrogen) atoms. The molecule has 0 aliphatic carbocycles. The Morgan fingerprint density at radius 3 is 2.20 bits per heavy atom. The summed E-state index contributed by atoms with van der Waals surface area (Å²) in [5, 5.41) is 3.53. The molecule has 1 N–H and O–H groups in total. The van der Waals surface area contributed by atoms with Crippen molar-refractivity contribution < 1.29 is 4.39 Å². The monoisotopic (exact) mass is 271 g/mol. The molecule has 0 aliphatic heterocycles. The second-order valence-corrected chi connectivity index (χ2v) is 5.90. The molecule has 0 bridgehead atoms. The lowest BCUT2D eigenvalue weighted by Gasteiger charge is -2.28. The number of halogens is 1. The summed E-state index contributed by atoms with van der Waals surface area (Å²) in [4.78, 5) is 0. The van der Waals surface area contributed by atoms with Crippen molar-refractivity contribution in [3.63, 3.8) is 0 Å². The number of hydrogen-bond donors (Lipinski definition) is 1. The highest BCUT2D eigenvalue weighted by molar-refractivity contribution is 5.24. The highest BCUT2D eigenvalue weighted by Gasteiger charge is 2.21. The Morgan fingerprint density at radius 1 is 1.00 bits per heavy atom. The van der Waals surface area contributed by atoms with E-state index in [9.17, 15) is 4.39 Å². The average molecular weight is 271 g/mol. The van der Waals surface area contributed by atoms with Crippen LogP contribution >= 0.6 is 0 Å². The Morgan fingerprint density at radius 2 is 1.60 bits per heavy atom. The van der Waals surface area contributed by atoms with Crippen LogP contribution in [0.3, 0.4) is 0 Å². The van der Waals surface area contributed by atoms with Gasteiger partial charge in [0.25, 0.3) is 0 Å². The van der Waals surface area contributed by atoms with Gasteiger partial charge in [-0.3, -0.25) is 0 Å². The Balaban J connectivity index is 1.99. The highest BCUT2D eigenvalue weighted by atomic mass is 19.1. The third-order valence-electron chi connectivity index (χ3n) is 3.78. The molecule has 1 atom stereocenters. The molecule has 0 radical (unpaired) electrons. The minimum Gasteiger partial charge on any atom is -0.309 e. The predicted octanol–water partition coefficient (Wildman–Crippen LogP) is 4.45. The van der Waals surface area contributed by atoms with Gasteiger partial charge >= 0.3 is 0 Å². The third kappa shape index (κ3) is 3.67. The molecule has 2 aromatic rings. The van der Waals surface area contributed by atoms with E-state index in [2.05, 4.69) is 50.4 Å². The number of nitrogens with one attached hydrogen (secondary N) is 1. The van der Waals surface area contributed by atoms with Gasteiger partial charge in [-0.2, -0.15) is 0 Å². The summed E-state index contributed by atoms with van der Waals surface area (Å²) in [6, 6.07) is 17.4. The molecule has 0 fully saturated rings. The van der Waals surface area contributed by atoms with E-state index in [4.69, 9.17) is 0 Å². The molecule has 0 saturated heterocycles. The van der Waals surface area contributed by atoms with Crippen molar-refractivity contribution in [3.05, 3.63) is 71.5 Å². The Labute approximate surface area is 120 Å². The van der Waals surface area contributed by atoms with Gasteiger partial charge in [0, 0.05) is 18.0 Å². The van der Waals surface area contributed by atoms with Crippen LogP contribution in [0.1, 0.15) is 37.9 Å². The first-order valence-electron chi connectivity index (χ1n) is 7.03. The molecule has 0 amide bonds. The number of rotatable bonds is 5. The van der Waals surface area contributed by atoms with Gasteiger partial charge in [0.15, 0.2) is 0 Å². The van der Waals surface area contributed by atoms with Gasteiger partial charge in [0.05, 0.1) is 0 Å². The van der Waals surface area contributed by atoms with Gasteiger partial charge in [-0.05, 0) is 30.2 Å². The third-order valence-corrected chi connectivity index (χ3v) is 3.78. The van der Waals surface area contributed by atoms with Crippen LogP contribution in [-0.4, -0.2) is 6.54 Å². The molecule has 1 unspecified atom stereocenters. The van der Waals surface area contributed by atoms with Crippen molar-refractivity contribution in [2.45, 2.75) is 32.2 Å². The summed E-state index contributed by atoms with van der Waals surface area (Å²) in [6.07, 6.45) is 0. The lowest BCUT2D eigenvalue weighted by atomic mass is 9.84. The van der Waals surface area contributed by atoms with Gasteiger partial charge in [-0.1, -0.05) is 56.3 Å². The maximum Gasteiger partial charge on any atom is 0.123 e. The summed E-state index contributed by atoms with van der Waals surface area (Å²) in [7, 11) is 0. The van der Waals surface area contributed by atoms with Crippen LogP contribution in [0.5, 0.6) is 0 Å². The fraction of sp³-hybridized carbons (Fsp3) is 0.333. The van der Waals surface area contributed by atoms with E-state index in [1.165, 1.54) is 17.7 Å². The van der Waals surface area contributed by atoms with E-state index in [1.807, 2.05) is 18.2 Å². The first-order valence-corrected chi connectivity index (χ1v) is 7.03. The van der Waals surface area contributed by atoms with Crippen LogP contribution in [0.2, 0.25) is 0 Å². The molecule has 1 nitrogen and oxygen atoms in total. The van der Waals surface area contributed by atoms with Crippen molar-refractivity contribution in [3.8, 4) is 0 Å². The van der Waals surface area contributed by atoms with E-state index >= 15 is 0 Å². The minimum absolute atomic E-state index is 0.0650. The highest BCUT2D eigenvalue weighted by Crippen LogP contribution is 2.23. The molecule has 0 heterocycles. The predicted molar refractivity (Wildman–Crippen MR) is 82.3 cm³/mol. The standard InChI is InChI=1S/C18H22FN/c1-14(15-9-11-17(19)12-10-15)20-13-18(2,3)16-7-5-4-6-8-16/h4-12,14,20H,13H2,1-3H3. The van der Waals surface area contributed by atoms with E-state index in [1.54, 1.807) is 0 Å². The molecule has 0 aliphatic rings. The first kappa shape index (κ1) is 14.7. The molecule has 2 heteroatoms. The Hall–Kier alpha value is -1.67. The number of hydrogen-bond acceptors (Lipinski definition) is 1.